The average molecular weight is 370 g/mol. The molecule has 0 radical (unpaired) electrons. The predicted octanol–water partition coefficient (Wildman–Crippen LogP) is 5.89. The van der Waals surface area contributed by atoms with Crippen LogP contribution >= 0.6 is 11.6 Å². The largest absolute Gasteiger partial charge is 0.497 e. The number of benzene rings is 2. The highest BCUT2D eigenvalue weighted by Gasteiger charge is 2.23. The molecule has 0 amide bonds. The molecule has 0 saturated carbocycles. The third kappa shape index (κ3) is 3.49. The first-order valence-electron chi connectivity index (χ1n) is 8.69. The van der Waals surface area contributed by atoms with E-state index in [9.17, 15) is 4.79 Å². The maximum Gasteiger partial charge on any atom is 0.262 e. The van der Waals surface area contributed by atoms with Crippen molar-refractivity contribution in [1.82, 2.24) is 4.57 Å². The van der Waals surface area contributed by atoms with Gasteiger partial charge in [-0.05, 0) is 66.8 Å². The van der Waals surface area contributed by atoms with Crippen molar-refractivity contribution < 1.29 is 9.53 Å². The van der Waals surface area contributed by atoms with Gasteiger partial charge >= 0.3 is 0 Å². The summed E-state index contributed by atoms with van der Waals surface area (Å²) in [6.45, 7) is 8.63. The molecular weight excluding hydrogens is 346 g/mol. The summed E-state index contributed by atoms with van der Waals surface area (Å²) >= 11 is 5.97. The van der Waals surface area contributed by atoms with Crippen LogP contribution in [0.15, 0.2) is 42.5 Å². The first-order valence-corrected chi connectivity index (χ1v) is 9.07. The van der Waals surface area contributed by atoms with Gasteiger partial charge in [0.15, 0.2) is 0 Å². The lowest BCUT2D eigenvalue weighted by Gasteiger charge is -2.18. The Labute approximate surface area is 159 Å². The van der Waals surface area contributed by atoms with Crippen molar-refractivity contribution in [3.63, 3.8) is 0 Å². The highest BCUT2D eigenvalue weighted by atomic mass is 35.5. The Bertz CT molecular complexity index is 962. The van der Waals surface area contributed by atoms with Gasteiger partial charge in [0.1, 0.15) is 5.75 Å². The number of hydrogen-bond acceptors (Lipinski definition) is 2. The molecule has 4 heteroatoms. The van der Waals surface area contributed by atoms with Crippen LogP contribution in [0.4, 0.5) is 0 Å². The molecule has 1 heterocycles. The Balaban J connectivity index is 2.23. The smallest absolute Gasteiger partial charge is 0.262 e. The van der Waals surface area contributed by atoms with Gasteiger partial charge < -0.3 is 4.74 Å². The van der Waals surface area contributed by atoms with E-state index in [0.29, 0.717) is 10.6 Å². The second kappa shape index (κ2) is 6.81. The quantitative estimate of drug-likeness (QED) is 0.576. The average Bonchev–Trinajstić information content (AvgIpc) is 2.85. The minimum atomic E-state index is -0.0468. The molecule has 3 nitrogen and oxygen atoms in total. The molecule has 0 aliphatic heterocycles. The van der Waals surface area contributed by atoms with E-state index in [2.05, 4.69) is 20.8 Å². The van der Waals surface area contributed by atoms with E-state index in [-0.39, 0.29) is 11.3 Å². The van der Waals surface area contributed by atoms with Crippen LogP contribution in [-0.4, -0.2) is 17.6 Å². The molecule has 136 valence electrons. The highest BCUT2D eigenvalue weighted by molar-refractivity contribution is 6.30. The zero-order chi connectivity index (χ0) is 19.1. The van der Waals surface area contributed by atoms with Gasteiger partial charge in [0.05, 0.1) is 12.6 Å². The maximum atomic E-state index is 13.2. The lowest BCUT2D eigenvalue weighted by molar-refractivity contribution is 0.0962. The first kappa shape index (κ1) is 18.5. The van der Waals surface area contributed by atoms with Gasteiger partial charge in [-0.25, -0.2) is 0 Å². The van der Waals surface area contributed by atoms with Gasteiger partial charge in [0, 0.05) is 21.7 Å². The third-order valence-electron chi connectivity index (χ3n) is 4.54. The number of hydrogen-bond donors (Lipinski definition) is 0. The third-order valence-corrected chi connectivity index (χ3v) is 4.80. The molecule has 0 fully saturated rings. The Morgan fingerprint density at radius 3 is 2.35 bits per heavy atom. The standard InChI is InChI=1S/C22H24ClNO2/c1-14-19(13-22(2,3)4)18-12-17(26-5)10-11-20(18)24(14)21(25)15-6-8-16(23)9-7-15/h6-12H,13H2,1-5H3. The predicted molar refractivity (Wildman–Crippen MR) is 108 cm³/mol. The number of nitrogens with zero attached hydrogens (tertiary/aromatic N) is 1. The molecule has 0 aliphatic rings. The summed E-state index contributed by atoms with van der Waals surface area (Å²) in [5, 5.41) is 1.69. The number of carbonyl (C=O) groups excluding carboxylic acids is 1. The van der Waals surface area contributed by atoms with Crippen LogP contribution in [0.5, 0.6) is 5.75 Å². The normalized spacial score (nSPS) is 11.8. The molecule has 3 aromatic rings. The summed E-state index contributed by atoms with van der Waals surface area (Å²) in [6.07, 6.45) is 0.878. The number of halogens is 1. The molecule has 0 N–H and O–H groups in total. The fourth-order valence-corrected chi connectivity index (χ4v) is 3.45. The minimum absolute atomic E-state index is 0.0468. The van der Waals surface area contributed by atoms with Crippen molar-refractivity contribution in [1.29, 1.82) is 0 Å². The monoisotopic (exact) mass is 369 g/mol. The van der Waals surface area contributed by atoms with Crippen LogP contribution < -0.4 is 4.74 Å². The Kier molecular flexibility index (Phi) is 4.85. The van der Waals surface area contributed by atoms with Crippen LogP contribution in [0.25, 0.3) is 10.9 Å². The SMILES string of the molecule is COc1ccc2c(c1)c(CC(C)(C)C)c(C)n2C(=O)c1ccc(Cl)cc1. The lowest BCUT2D eigenvalue weighted by Crippen LogP contribution is -2.15. The van der Waals surface area contributed by atoms with Gasteiger partial charge in [-0.3, -0.25) is 9.36 Å². The van der Waals surface area contributed by atoms with E-state index in [4.69, 9.17) is 16.3 Å². The van der Waals surface area contributed by atoms with Crippen LogP contribution in [0.1, 0.15) is 42.4 Å². The number of methoxy groups -OCH3 is 1. The van der Waals surface area contributed by atoms with E-state index in [1.165, 1.54) is 5.56 Å². The summed E-state index contributed by atoms with van der Waals surface area (Å²) in [7, 11) is 1.66. The van der Waals surface area contributed by atoms with Gasteiger partial charge in [-0.2, -0.15) is 0 Å². The number of carbonyl (C=O) groups is 1. The topological polar surface area (TPSA) is 31.2 Å². The molecule has 0 spiro atoms. The van der Waals surface area contributed by atoms with Crippen LogP contribution in [0.3, 0.4) is 0 Å². The molecule has 0 saturated heterocycles. The molecule has 0 unspecified atom stereocenters. The summed E-state index contributed by atoms with van der Waals surface area (Å²) in [6, 6.07) is 12.9. The highest BCUT2D eigenvalue weighted by Crippen LogP contribution is 2.34. The zero-order valence-corrected chi connectivity index (χ0v) is 16.6. The van der Waals surface area contributed by atoms with Crippen molar-refractivity contribution in [3.05, 3.63) is 64.3 Å². The van der Waals surface area contributed by atoms with Gasteiger partial charge in [-0.1, -0.05) is 32.4 Å². The number of rotatable bonds is 3. The van der Waals surface area contributed by atoms with E-state index < -0.39 is 0 Å². The molecule has 26 heavy (non-hydrogen) atoms. The summed E-state index contributed by atoms with van der Waals surface area (Å²) in [4.78, 5) is 13.2. The van der Waals surface area contributed by atoms with Crippen molar-refractivity contribution in [3.8, 4) is 5.75 Å². The summed E-state index contributed by atoms with van der Waals surface area (Å²) in [5.74, 6) is 0.748. The summed E-state index contributed by atoms with van der Waals surface area (Å²) < 4.78 is 7.21. The maximum absolute atomic E-state index is 13.2. The number of aromatic nitrogens is 1. The Morgan fingerprint density at radius 2 is 1.77 bits per heavy atom. The second-order valence-electron chi connectivity index (χ2n) is 7.83. The van der Waals surface area contributed by atoms with Crippen LogP contribution in [0, 0.1) is 12.3 Å². The fourth-order valence-electron chi connectivity index (χ4n) is 3.33. The minimum Gasteiger partial charge on any atom is -0.497 e. The van der Waals surface area contributed by atoms with Gasteiger partial charge in [0.25, 0.3) is 5.91 Å². The number of ether oxygens (including phenoxy) is 1. The van der Waals surface area contributed by atoms with Crippen LogP contribution in [0.2, 0.25) is 5.02 Å². The fraction of sp³-hybridized carbons (Fsp3) is 0.318. The molecule has 2 aromatic carbocycles. The molecule has 1 aromatic heterocycles. The van der Waals surface area contributed by atoms with E-state index in [0.717, 1.165) is 28.8 Å². The van der Waals surface area contributed by atoms with E-state index in [1.54, 1.807) is 35.9 Å². The molecule has 0 atom stereocenters. The first-order chi connectivity index (χ1) is 12.2. The van der Waals surface area contributed by atoms with Crippen molar-refractivity contribution in [2.75, 3.05) is 7.11 Å². The van der Waals surface area contributed by atoms with E-state index >= 15 is 0 Å². The molecule has 3 rings (SSSR count). The Morgan fingerprint density at radius 1 is 1.12 bits per heavy atom. The van der Waals surface area contributed by atoms with Gasteiger partial charge in [-0.15, -0.1) is 0 Å². The van der Waals surface area contributed by atoms with Crippen molar-refractivity contribution in [2.45, 2.75) is 34.1 Å². The second-order valence-corrected chi connectivity index (χ2v) is 8.27. The summed E-state index contributed by atoms with van der Waals surface area (Å²) in [5.41, 5.74) is 3.79. The van der Waals surface area contributed by atoms with Crippen molar-refractivity contribution >= 4 is 28.4 Å². The lowest BCUT2D eigenvalue weighted by atomic mass is 9.87. The van der Waals surface area contributed by atoms with Crippen molar-refractivity contribution in [2.24, 2.45) is 5.41 Å². The Hall–Kier alpha value is -2.26. The van der Waals surface area contributed by atoms with E-state index in [1.807, 2.05) is 25.1 Å². The zero-order valence-electron chi connectivity index (χ0n) is 15.9. The number of fused-ring (bicyclic) bond motifs is 1. The van der Waals surface area contributed by atoms with Crippen LogP contribution in [-0.2, 0) is 6.42 Å². The van der Waals surface area contributed by atoms with Gasteiger partial charge in [0.2, 0.25) is 0 Å². The molecule has 0 bridgehead atoms. The molecular formula is C22H24ClNO2. The molecule has 0 aliphatic carbocycles.